The first kappa shape index (κ1) is 19.8. The zero-order valence-corrected chi connectivity index (χ0v) is 18.0. The summed E-state index contributed by atoms with van der Waals surface area (Å²) in [7, 11) is 1.74. The summed E-state index contributed by atoms with van der Waals surface area (Å²) >= 11 is 1.91. The third kappa shape index (κ3) is 4.73. The summed E-state index contributed by atoms with van der Waals surface area (Å²) < 4.78 is 8.09. The highest BCUT2D eigenvalue weighted by molar-refractivity contribution is 7.97. The monoisotopic (exact) mass is 396 g/mol. The minimum Gasteiger partial charge on any atom is -0.496 e. The highest BCUT2D eigenvalue weighted by Gasteiger charge is 2.27. The lowest BCUT2D eigenvalue weighted by molar-refractivity contribution is 0.103. The molecule has 2 aliphatic rings. The number of nitrogens with zero attached hydrogens (tertiary/aromatic N) is 2. The molecule has 4 heteroatoms. The number of hydrogen-bond acceptors (Lipinski definition) is 4. The van der Waals surface area contributed by atoms with Crippen molar-refractivity contribution in [3.63, 3.8) is 0 Å². The lowest BCUT2D eigenvalue weighted by Gasteiger charge is -2.41. The van der Waals surface area contributed by atoms with E-state index in [0.717, 1.165) is 23.3 Å². The van der Waals surface area contributed by atoms with Crippen LogP contribution in [0.4, 0.5) is 0 Å². The van der Waals surface area contributed by atoms with E-state index in [4.69, 9.17) is 4.74 Å². The van der Waals surface area contributed by atoms with E-state index in [9.17, 15) is 0 Å². The van der Waals surface area contributed by atoms with Crippen LogP contribution < -0.4 is 4.74 Å². The Kier molecular flexibility index (Phi) is 6.61. The summed E-state index contributed by atoms with van der Waals surface area (Å²) in [4.78, 5) is 4.07. The van der Waals surface area contributed by atoms with Crippen molar-refractivity contribution < 1.29 is 4.74 Å². The van der Waals surface area contributed by atoms with Crippen LogP contribution in [0.2, 0.25) is 0 Å². The zero-order valence-electron chi connectivity index (χ0n) is 17.1. The minimum atomic E-state index is 0.796. The standard InChI is InChI=1S/C24H32N2OS/c1-19-10-14-25(15-11-19)21-12-16-26(17-13-21)28-22-7-5-6-20(18-22)23-8-3-4-9-24(23)27-2/h3-9,18-19,21H,10-17H2,1-2H3. The molecule has 0 saturated carbocycles. The molecule has 0 amide bonds. The van der Waals surface area contributed by atoms with Crippen LogP contribution in [0.25, 0.3) is 11.1 Å². The molecular weight excluding hydrogens is 364 g/mol. The lowest BCUT2D eigenvalue weighted by atomic mass is 9.95. The second kappa shape index (κ2) is 9.34. The topological polar surface area (TPSA) is 15.7 Å². The predicted molar refractivity (Wildman–Crippen MR) is 119 cm³/mol. The van der Waals surface area contributed by atoms with E-state index in [0.29, 0.717) is 0 Å². The van der Waals surface area contributed by atoms with Gasteiger partial charge >= 0.3 is 0 Å². The molecule has 2 saturated heterocycles. The summed E-state index contributed by atoms with van der Waals surface area (Å²) in [6.07, 6.45) is 5.36. The van der Waals surface area contributed by atoms with Gasteiger partial charge in [-0.3, -0.25) is 0 Å². The lowest BCUT2D eigenvalue weighted by Crippen LogP contribution is -2.46. The summed E-state index contributed by atoms with van der Waals surface area (Å²) in [5.74, 6) is 1.85. The van der Waals surface area contributed by atoms with E-state index in [1.54, 1.807) is 7.11 Å². The molecule has 0 N–H and O–H groups in total. The van der Waals surface area contributed by atoms with Crippen LogP contribution in [0.1, 0.15) is 32.6 Å². The molecule has 2 aliphatic heterocycles. The quantitative estimate of drug-likeness (QED) is 0.614. The largest absolute Gasteiger partial charge is 0.496 e. The average molecular weight is 397 g/mol. The van der Waals surface area contributed by atoms with E-state index in [-0.39, 0.29) is 0 Å². The highest BCUT2D eigenvalue weighted by atomic mass is 32.2. The molecule has 0 atom stereocenters. The minimum absolute atomic E-state index is 0.796. The molecule has 0 bridgehead atoms. The van der Waals surface area contributed by atoms with Crippen LogP contribution in [0.15, 0.2) is 53.4 Å². The fourth-order valence-corrected chi connectivity index (χ4v) is 5.46. The van der Waals surface area contributed by atoms with Crippen molar-refractivity contribution in [1.82, 2.24) is 9.21 Å². The smallest absolute Gasteiger partial charge is 0.126 e. The zero-order chi connectivity index (χ0) is 19.3. The second-order valence-corrected chi connectivity index (χ2v) is 9.37. The van der Waals surface area contributed by atoms with Gasteiger partial charge in [-0.15, -0.1) is 0 Å². The molecule has 0 radical (unpaired) electrons. The Labute approximate surface area is 174 Å². The second-order valence-electron chi connectivity index (χ2n) is 8.20. The maximum atomic E-state index is 5.54. The van der Waals surface area contributed by atoms with Crippen LogP contribution in [-0.4, -0.2) is 48.5 Å². The molecule has 4 rings (SSSR count). The Morgan fingerprint density at radius 2 is 1.64 bits per heavy atom. The first-order chi connectivity index (χ1) is 13.7. The molecule has 0 unspecified atom stereocenters. The third-order valence-electron chi connectivity index (χ3n) is 6.24. The Balaban J connectivity index is 1.35. The van der Waals surface area contributed by atoms with Crippen molar-refractivity contribution in [3.05, 3.63) is 48.5 Å². The van der Waals surface area contributed by atoms with Gasteiger partial charge in [-0.2, -0.15) is 0 Å². The fraction of sp³-hybridized carbons (Fsp3) is 0.500. The van der Waals surface area contributed by atoms with Gasteiger partial charge in [0.05, 0.1) is 7.11 Å². The van der Waals surface area contributed by atoms with Crippen molar-refractivity contribution in [3.8, 4) is 16.9 Å². The molecule has 2 fully saturated rings. The van der Waals surface area contributed by atoms with Gasteiger partial charge in [-0.25, -0.2) is 4.31 Å². The van der Waals surface area contributed by atoms with Crippen LogP contribution in [0.3, 0.4) is 0 Å². The Morgan fingerprint density at radius 1 is 0.893 bits per heavy atom. The summed E-state index contributed by atoms with van der Waals surface area (Å²) in [6.45, 7) is 7.37. The first-order valence-electron chi connectivity index (χ1n) is 10.6. The number of benzene rings is 2. The average Bonchev–Trinajstić information content (AvgIpc) is 2.75. The van der Waals surface area contributed by atoms with Gasteiger partial charge in [0.15, 0.2) is 0 Å². The molecule has 0 aliphatic carbocycles. The number of para-hydroxylation sites is 1. The maximum absolute atomic E-state index is 5.54. The van der Waals surface area contributed by atoms with Gasteiger partial charge in [0, 0.05) is 29.6 Å². The summed E-state index contributed by atoms with van der Waals surface area (Å²) in [6, 6.07) is 17.9. The normalized spacial score (nSPS) is 20.4. The highest BCUT2D eigenvalue weighted by Crippen LogP contribution is 2.34. The first-order valence-corrected chi connectivity index (χ1v) is 11.4. The van der Waals surface area contributed by atoms with Gasteiger partial charge in [-0.1, -0.05) is 37.3 Å². The van der Waals surface area contributed by atoms with Gasteiger partial charge in [0.25, 0.3) is 0 Å². The van der Waals surface area contributed by atoms with Crippen LogP contribution in [-0.2, 0) is 0 Å². The van der Waals surface area contributed by atoms with Gasteiger partial charge in [0.2, 0.25) is 0 Å². The predicted octanol–water partition coefficient (Wildman–Crippen LogP) is 5.57. The molecule has 3 nitrogen and oxygen atoms in total. The molecule has 150 valence electrons. The molecule has 28 heavy (non-hydrogen) atoms. The van der Waals surface area contributed by atoms with Crippen molar-refractivity contribution in [2.45, 2.75) is 43.5 Å². The van der Waals surface area contributed by atoms with Gasteiger partial charge in [-0.05, 0) is 80.4 Å². The number of methoxy groups -OCH3 is 1. The molecule has 2 heterocycles. The maximum Gasteiger partial charge on any atom is 0.126 e. The van der Waals surface area contributed by atoms with Crippen molar-refractivity contribution in [1.29, 1.82) is 0 Å². The number of hydrogen-bond donors (Lipinski definition) is 0. The van der Waals surface area contributed by atoms with Crippen molar-refractivity contribution in [2.75, 3.05) is 33.3 Å². The summed E-state index contributed by atoms with van der Waals surface area (Å²) in [5, 5.41) is 0. The number of piperidine rings is 2. The van der Waals surface area contributed by atoms with Crippen molar-refractivity contribution >= 4 is 11.9 Å². The summed E-state index contributed by atoms with van der Waals surface area (Å²) in [5.41, 5.74) is 2.38. The molecule has 2 aromatic rings. The van der Waals surface area contributed by atoms with E-state index in [2.05, 4.69) is 52.5 Å². The Hall–Kier alpha value is -1.49. The van der Waals surface area contributed by atoms with Crippen LogP contribution in [0.5, 0.6) is 5.75 Å². The van der Waals surface area contributed by atoms with E-state index < -0.39 is 0 Å². The van der Waals surface area contributed by atoms with Crippen LogP contribution in [0, 0.1) is 5.92 Å². The van der Waals surface area contributed by atoms with Gasteiger partial charge < -0.3 is 9.64 Å². The molecule has 2 aromatic carbocycles. The Bertz CT molecular complexity index is 765. The van der Waals surface area contributed by atoms with Gasteiger partial charge in [0.1, 0.15) is 5.75 Å². The SMILES string of the molecule is COc1ccccc1-c1cccc(SN2CCC(N3CCC(C)CC3)CC2)c1. The molecular formula is C24H32N2OS. The molecule has 0 spiro atoms. The number of likely N-dealkylation sites (tertiary alicyclic amines) is 1. The Morgan fingerprint density at radius 3 is 2.39 bits per heavy atom. The van der Waals surface area contributed by atoms with E-state index >= 15 is 0 Å². The number of ether oxygens (including phenoxy) is 1. The van der Waals surface area contributed by atoms with Crippen LogP contribution >= 0.6 is 11.9 Å². The third-order valence-corrected chi connectivity index (χ3v) is 7.33. The van der Waals surface area contributed by atoms with Crippen molar-refractivity contribution in [2.24, 2.45) is 5.92 Å². The fourth-order valence-electron chi connectivity index (χ4n) is 4.44. The molecule has 0 aromatic heterocycles. The number of rotatable bonds is 5. The van der Waals surface area contributed by atoms with E-state index in [1.807, 2.05) is 24.1 Å². The van der Waals surface area contributed by atoms with E-state index in [1.165, 1.54) is 62.3 Å².